The molecule has 0 aliphatic rings. The summed E-state index contributed by atoms with van der Waals surface area (Å²) in [7, 11) is -4.07. The average Bonchev–Trinajstić information content (AvgIpc) is 2.66. The van der Waals surface area contributed by atoms with Crippen molar-refractivity contribution in [2.45, 2.75) is 27.7 Å². The lowest BCUT2D eigenvalue weighted by molar-refractivity contribution is 0.486. The van der Waals surface area contributed by atoms with Crippen LogP contribution in [0, 0.1) is 32.1 Å². The smallest absolute Gasteiger partial charge is 0.268 e. The van der Waals surface area contributed by atoms with Gasteiger partial charge in [0.15, 0.2) is 5.82 Å². The summed E-state index contributed by atoms with van der Waals surface area (Å²) in [6, 6.07) is 9.93. The summed E-state index contributed by atoms with van der Waals surface area (Å²) in [4.78, 5) is 4.60. The van der Waals surface area contributed by atoms with Gasteiger partial charge in [-0.3, -0.25) is 4.55 Å². The van der Waals surface area contributed by atoms with Crippen LogP contribution in [0.3, 0.4) is 0 Å². The maximum absolute atomic E-state index is 10.9. The first-order valence-electron chi connectivity index (χ1n) is 8.95. The van der Waals surface area contributed by atoms with E-state index in [2.05, 4.69) is 21.7 Å². The van der Waals surface area contributed by atoms with Crippen molar-refractivity contribution in [2.24, 2.45) is 0 Å². The number of para-hydroxylation sites is 1. The molecular weight excluding hydrogens is 388 g/mol. The molecule has 0 fully saturated rings. The molecule has 0 aliphatic heterocycles. The number of aromatic nitrogens is 1. The van der Waals surface area contributed by atoms with E-state index in [1.165, 1.54) is 6.08 Å². The van der Waals surface area contributed by atoms with Gasteiger partial charge in [-0.1, -0.05) is 30.4 Å². The molecule has 0 unspecified atom stereocenters. The van der Waals surface area contributed by atoms with Crippen molar-refractivity contribution in [1.82, 2.24) is 4.98 Å². The Bertz CT molecular complexity index is 1110. The molecule has 0 saturated heterocycles. The second-order valence-corrected chi connectivity index (χ2v) is 8.00. The van der Waals surface area contributed by atoms with E-state index < -0.39 is 15.9 Å². The van der Waals surface area contributed by atoms with E-state index in [1.54, 1.807) is 19.1 Å². The molecule has 0 saturated carbocycles. The number of rotatable bonds is 7. The number of nitriles is 1. The van der Waals surface area contributed by atoms with Crippen LogP contribution in [0.2, 0.25) is 0 Å². The monoisotopic (exact) mass is 412 g/mol. The highest BCUT2D eigenvalue weighted by molar-refractivity contribution is 7.85. The lowest BCUT2D eigenvalue weighted by Gasteiger charge is -2.17. The number of anilines is 3. The summed E-state index contributed by atoms with van der Waals surface area (Å²) in [5.74, 6) is 0.497. The van der Waals surface area contributed by atoms with Crippen molar-refractivity contribution < 1.29 is 13.0 Å². The first-order chi connectivity index (χ1) is 13.7. The SMILES string of the molecule is C/C=C(\C=C/CS(=O)(=O)O)Nc1nc(Nc2ccccc2C)c(C#N)c(C)c1C. The average molecular weight is 413 g/mol. The van der Waals surface area contributed by atoms with E-state index in [4.69, 9.17) is 4.55 Å². The third kappa shape index (κ3) is 5.91. The standard InChI is InChI=1S/C21H24N4O3S/c1-5-17(10-8-12-29(26,27)28)23-20-16(4)15(3)18(13-22)21(25-20)24-19-11-7-6-9-14(19)2/h5-11H,12H2,1-4H3,(H2,23,24,25)(H,26,27,28)/b10-8-,17-5+. The Morgan fingerprint density at radius 1 is 1.21 bits per heavy atom. The molecule has 0 bridgehead atoms. The fourth-order valence-corrected chi connectivity index (χ4v) is 2.97. The van der Waals surface area contributed by atoms with E-state index in [0.717, 1.165) is 22.4 Å². The third-order valence-corrected chi connectivity index (χ3v) is 5.05. The molecule has 7 nitrogen and oxygen atoms in total. The minimum Gasteiger partial charge on any atom is -0.340 e. The Balaban J connectivity index is 2.41. The lowest BCUT2D eigenvalue weighted by atomic mass is 10.0. The number of allylic oxidation sites excluding steroid dienone is 2. The Morgan fingerprint density at radius 2 is 1.90 bits per heavy atom. The zero-order chi connectivity index (χ0) is 21.6. The highest BCUT2D eigenvalue weighted by Crippen LogP contribution is 2.29. The summed E-state index contributed by atoms with van der Waals surface area (Å²) in [6.07, 6.45) is 4.65. The quantitative estimate of drug-likeness (QED) is 0.456. The van der Waals surface area contributed by atoms with Gasteiger partial charge in [0.25, 0.3) is 10.1 Å². The molecule has 2 rings (SSSR count). The third-order valence-electron chi connectivity index (χ3n) is 4.44. The fourth-order valence-electron chi connectivity index (χ4n) is 2.63. The second-order valence-electron chi connectivity index (χ2n) is 6.51. The van der Waals surface area contributed by atoms with Crippen LogP contribution < -0.4 is 10.6 Å². The van der Waals surface area contributed by atoms with Gasteiger partial charge >= 0.3 is 0 Å². The maximum Gasteiger partial charge on any atom is 0.268 e. The largest absolute Gasteiger partial charge is 0.340 e. The number of benzene rings is 1. The van der Waals surface area contributed by atoms with Gasteiger partial charge in [-0.25, -0.2) is 4.98 Å². The minimum atomic E-state index is -4.07. The van der Waals surface area contributed by atoms with Crippen LogP contribution in [-0.4, -0.2) is 23.7 Å². The number of nitrogens with zero attached hydrogens (tertiary/aromatic N) is 2. The van der Waals surface area contributed by atoms with Crippen LogP contribution in [0.1, 0.15) is 29.2 Å². The number of nitrogens with one attached hydrogen (secondary N) is 2. The van der Waals surface area contributed by atoms with Crippen LogP contribution in [0.5, 0.6) is 0 Å². The zero-order valence-electron chi connectivity index (χ0n) is 16.8. The van der Waals surface area contributed by atoms with Crippen LogP contribution in [0.4, 0.5) is 17.3 Å². The zero-order valence-corrected chi connectivity index (χ0v) is 17.6. The van der Waals surface area contributed by atoms with Gasteiger partial charge in [0.2, 0.25) is 0 Å². The van der Waals surface area contributed by atoms with E-state index in [1.807, 2.05) is 45.0 Å². The van der Waals surface area contributed by atoms with Crippen LogP contribution in [0.15, 0.2) is 48.2 Å². The van der Waals surface area contributed by atoms with Crippen LogP contribution >= 0.6 is 0 Å². The van der Waals surface area contributed by atoms with Crippen LogP contribution in [0.25, 0.3) is 0 Å². The first kappa shape index (κ1) is 22.1. The molecule has 8 heteroatoms. The van der Waals surface area contributed by atoms with Crippen molar-refractivity contribution >= 4 is 27.4 Å². The summed E-state index contributed by atoms with van der Waals surface area (Å²) in [5, 5.41) is 16.0. The molecule has 0 spiro atoms. The van der Waals surface area contributed by atoms with Gasteiger partial charge in [-0.15, -0.1) is 0 Å². The normalized spacial score (nSPS) is 12.1. The molecule has 29 heavy (non-hydrogen) atoms. The summed E-state index contributed by atoms with van der Waals surface area (Å²) >= 11 is 0. The molecule has 0 radical (unpaired) electrons. The van der Waals surface area contributed by atoms with Gasteiger partial charge in [0.1, 0.15) is 11.9 Å². The molecule has 0 aliphatic carbocycles. The number of hydrogen-bond acceptors (Lipinski definition) is 6. The van der Waals surface area contributed by atoms with Crippen molar-refractivity contribution in [3.8, 4) is 6.07 Å². The topological polar surface area (TPSA) is 115 Å². The Labute approximate surface area is 171 Å². The first-order valence-corrected chi connectivity index (χ1v) is 10.6. The number of hydrogen-bond donors (Lipinski definition) is 3. The second kappa shape index (κ2) is 9.37. The summed E-state index contributed by atoms with van der Waals surface area (Å²) < 4.78 is 30.6. The van der Waals surface area contributed by atoms with Gasteiger partial charge in [0, 0.05) is 11.4 Å². The summed E-state index contributed by atoms with van der Waals surface area (Å²) in [5.41, 5.74) is 4.53. The van der Waals surface area contributed by atoms with Gasteiger partial charge < -0.3 is 10.6 Å². The maximum atomic E-state index is 10.9. The summed E-state index contributed by atoms with van der Waals surface area (Å²) in [6.45, 7) is 7.47. The van der Waals surface area contributed by atoms with E-state index in [9.17, 15) is 13.7 Å². The predicted octanol–water partition coefficient (Wildman–Crippen LogP) is 4.38. The minimum absolute atomic E-state index is 0.435. The van der Waals surface area contributed by atoms with Crippen molar-refractivity contribution in [1.29, 1.82) is 5.26 Å². The highest BCUT2D eigenvalue weighted by atomic mass is 32.2. The molecule has 0 amide bonds. The highest BCUT2D eigenvalue weighted by Gasteiger charge is 2.15. The molecule has 0 atom stereocenters. The molecule has 1 aromatic carbocycles. The molecule has 152 valence electrons. The van der Waals surface area contributed by atoms with Gasteiger partial charge in [-0.2, -0.15) is 13.7 Å². The van der Waals surface area contributed by atoms with Gasteiger partial charge in [-0.05, 0) is 56.5 Å². The Hall–Kier alpha value is -3.15. The van der Waals surface area contributed by atoms with E-state index in [-0.39, 0.29) is 0 Å². The lowest BCUT2D eigenvalue weighted by Crippen LogP contribution is -2.08. The van der Waals surface area contributed by atoms with E-state index in [0.29, 0.717) is 22.9 Å². The molecule has 1 aromatic heterocycles. The predicted molar refractivity (Wildman–Crippen MR) is 116 cm³/mol. The van der Waals surface area contributed by atoms with Crippen molar-refractivity contribution in [3.63, 3.8) is 0 Å². The molecular formula is C21H24N4O3S. The van der Waals surface area contributed by atoms with Gasteiger partial charge in [0.05, 0.1) is 11.3 Å². The van der Waals surface area contributed by atoms with E-state index >= 15 is 0 Å². The molecule has 1 heterocycles. The molecule has 3 N–H and O–H groups in total. The van der Waals surface area contributed by atoms with Crippen molar-refractivity contribution in [3.05, 3.63) is 70.4 Å². The Morgan fingerprint density at radius 3 is 2.48 bits per heavy atom. The van der Waals surface area contributed by atoms with Crippen molar-refractivity contribution in [2.75, 3.05) is 16.4 Å². The van der Waals surface area contributed by atoms with Crippen LogP contribution in [-0.2, 0) is 10.1 Å². The Kier molecular flexibility index (Phi) is 7.15. The molecule has 2 aromatic rings. The number of pyridine rings is 1. The number of aryl methyl sites for hydroxylation is 1. The fraction of sp³-hybridized carbons (Fsp3) is 0.238.